The molecule has 0 saturated carbocycles. The van der Waals surface area contributed by atoms with Crippen molar-refractivity contribution in [1.82, 2.24) is 14.9 Å². The highest BCUT2D eigenvalue weighted by atomic mass is 16.5. The Kier molecular flexibility index (Phi) is 6.46. The van der Waals surface area contributed by atoms with Gasteiger partial charge in [0.25, 0.3) is 11.8 Å². The van der Waals surface area contributed by atoms with Crippen molar-refractivity contribution in [3.8, 4) is 0 Å². The molecule has 0 spiro atoms. The van der Waals surface area contributed by atoms with Crippen molar-refractivity contribution in [2.24, 2.45) is 0 Å². The molecule has 0 fully saturated rings. The van der Waals surface area contributed by atoms with Gasteiger partial charge in [-0.3, -0.25) is 9.59 Å². The number of imidazole rings is 1. The third kappa shape index (κ3) is 4.09. The number of anilines is 1. The molecule has 2 heterocycles. The first-order valence-electron chi connectivity index (χ1n) is 9.83. The predicted molar refractivity (Wildman–Crippen MR) is 108 cm³/mol. The van der Waals surface area contributed by atoms with Crippen LogP contribution in [-0.2, 0) is 24.1 Å². The molecule has 1 aromatic carbocycles. The van der Waals surface area contributed by atoms with Gasteiger partial charge in [-0.1, -0.05) is 25.1 Å². The van der Waals surface area contributed by atoms with Gasteiger partial charge in [0.1, 0.15) is 5.69 Å². The van der Waals surface area contributed by atoms with Gasteiger partial charge in [0, 0.05) is 25.9 Å². The number of aromatic nitrogens is 2. The lowest BCUT2D eigenvalue weighted by Gasteiger charge is -2.18. The largest absolute Gasteiger partial charge is 0.383 e. The summed E-state index contributed by atoms with van der Waals surface area (Å²) in [6.45, 7) is 5.58. The van der Waals surface area contributed by atoms with Gasteiger partial charge in [0.05, 0.1) is 12.3 Å². The number of aryl methyl sites for hydroxylation is 2. The second kappa shape index (κ2) is 9.01. The van der Waals surface area contributed by atoms with E-state index in [2.05, 4.69) is 22.5 Å². The maximum atomic E-state index is 13.1. The van der Waals surface area contributed by atoms with Gasteiger partial charge in [0.15, 0.2) is 5.82 Å². The van der Waals surface area contributed by atoms with Crippen molar-refractivity contribution >= 4 is 17.5 Å². The zero-order valence-electron chi connectivity index (χ0n) is 16.8. The summed E-state index contributed by atoms with van der Waals surface area (Å²) in [5, 5.41) is 5.83. The van der Waals surface area contributed by atoms with Crippen LogP contribution in [-0.4, -0.2) is 41.6 Å². The topological polar surface area (TPSA) is 85.2 Å². The summed E-state index contributed by atoms with van der Waals surface area (Å²) >= 11 is 0. The summed E-state index contributed by atoms with van der Waals surface area (Å²) in [6, 6.07) is 5.98. The molecule has 0 atom stereocenters. The summed E-state index contributed by atoms with van der Waals surface area (Å²) in [4.78, 5) is 30.1. The molecule has 28 heavy (non-hydrogen) atoms. The Morgan fingerprint density at radius 2 is 2.07 bits per heavy atom. The minimum atomic E-state index is -0.275. The number of carbonyl (C=O) groups excluding carboxylic acids is 2. The second-order valence-electron chi connectivity index (χ2n) is 7.00. The number of rotatable bonds is 7. The number of hydrogen-bond donors (Lipinski definition) is 2. The molecular formula is C21H28N4O3. The van der Waals surface area contributed by atoms with E-state index in [0.717, 1.165) is 48.2 Å². The van der Waals surface area contributed by atoms with E-state index >= 15 is 0 Å². The molecule has 0 aliphatic carbocycles. The standard InChI is InChI=1S/C21H28N4O3/c1-4-15-9-7-8-14(2)17(15)24-21(27)19-23-18(20(26)22-11-13-28-3)16-10-5-6-12-25(16)19/h7-9H,4-6,10-13H2,1-3H3,(H,22,26)(H,24,27). The van der Waals surface area contributed by atoms with Gasteiger partial charge in [-0.15, -0.1) is 0 Å². The second-order valence-corrected chi connectivity index (χ2v) is 7.00. The van der Waals surface area contributed by atoms with E-state index in [-0.39, 0.29) is 11.8 Å². The zero-order valence-corrected chi connectivity index (χ0v) is 16.8. The number of ether oxygens (including phenoxy) is 1. The van der Waals surface area contributed by atoms with E-state index in [9.17, 15) is 9.59 Å². The predicted octanol–water partition coefficient (Wildman–Crippen LogP) is 2.72. The fourth-order valence-electron chi connectivity index (χ4n) is 3.62. The van der Waals surface area contributed by atoms with E-state index in [1.165, 1.54) is 0 Å². The van der Waals surface area contributed by atoms with E-state index in [1.807, 2.05) is 29.7 Å². The average molecular weight is 384 g/mol. The molecule has 3 rings (SSSR count). The molecule has 0 saturated heterocycles. The smallest absolute Gasteiger partial charge is 0.291 e. The van der Waals surface area contributed by atoms with Crippen LogP contribution >= 0.6 is 0 Å². The van der Waals surface area contributed by atoms with Gasteiger partial charge in [0.2, 0.25) is 0 Å². The van der Waals surface area contributed by atoms with Crippen LogP contribution in [0.25, 0.3) is 0 Å². The lowest BCUT2D eigenvalue weighted by atomic mass is 10.1. The Hall–Kier alpha value is -2.67. The number of methoxy groups -OCH3 is 1. The van der Waals surface area contributed by atoms with Crippen molar-refractivity contribution in [2.45, 2.75) is 46.1 Å². The third-order valence-corrected chi connectivity index (χ3v) is 5.11. The molecule has 7 nitrogen and oxygen atoms in total. The van der Waals surface area contributed by atoms with E-state index in [4.69, 9.17) is 4.74 Å². The Morgan fingerprint density at radius 3 is 2.82 bits per heavy atom. The van der Waals surface area contributed by atoms with Gasteiger partial charge < -0.3 is 19.9 Å². The number of para-hydroxylation sites is 1. The Labute approximate surface area is 165 Å². The van der Waals surface area contributed by atoms with Crippen molar-refractivity contribution < 1.29 is 14.3 Å². The summed E-state index contributed by atoms with van der Waals surface area (Å²) < 4.78 is 6.88. The number of amides is 2. The lowest BCUT2D eigenvalue weighted by molar-refractivity contribution is 0.0931. The molecule has 1 aliphatic rings. The van der Waals surface area contributed by atoms with Gasteiger partial charge in [-0.25, -0.2) is 4.98 Å². The van der Waals surface area contributed by atoms with Crippen LogP contribution in [0.1, 0.15) is 57.7 Å². The monoisotopic (exact) mass is 384 g/mol. The molecule has 0 unspecified atom stereocenters. The number of benzene rings is 1. The van der Waals surface area contributed by atoms with Crippen LogP contribution in [0, 0.1) is 6.92 Å². The van der Waals surface area contributed by atoms with Crippen LogP contribution < -0.4 is 10.6 Å². The third-order valence-electron chi connectivity index (χ3n) is 5.11. The maximum absolute atomic E-state index is 13.1. The molecule has 1 aromatic heterocycles. The highest BCUT2D eigenvalue weighted by molar-refractivity contribution is 6.04. The Morgan fingerprint density at radius 1 is 1.25 bits per heavy atom. The Bertz CT molecular complexity index is 873. The quantitative estimate of drug-likeness (QED) is 0.719. The minimum absolute atomic E-state index is 0.258. The van der Waals surface area contributed by atoms with Crippen molar-refractivity contribution in [1.29, 1.82) is 0 Å². The van der Waals surface area contributed by atoms with Crippen LogP contribution in [0.4, 0.5) is 5.69 Å². The SMILES string of the molecule is CCc1cccc(C)c1NC(=O)c1nc(C(=O)NCCOC)c2n1CCCC2. The van der Waals surface area contributed by atoms with Gasteiger partial charge in [-0.2, -0.15) is 0 Å². The highest BCUT2D eigenvalue weighted by Gasteiger charge is 2.27. The normalized spacial score (nSPS) is 13.1. The summed E-state index contributed by atoms with van der Waals surface area (Å²) in [6.07, 6.45) is 3.53. The summed E-state index contributed by atoms with van der Waals surface area (Å²) in [5.41, 5.74) is 4.11. The first-order chi connectivity index (χ1) is 13.6. The lowest BCUT2D eigenvalue weighted by Crippen LogP contribution is -2.28. The molecule has 0 radical (unpaired) electrons. The van der Waals surface area contributed by atoms with Gasteiger partial charge >= 0.3 is 0 Å². The van der Waals surface area contributed by atoms with Gasteiger partial charge in [-0.05, 0) is 43.7 Å². The number of nitrogens with zero attached hydrogens (tertiary/aromatic N) is 2. The zero-order chi connectivity index (χ0) is 20.1. The van der Waals surface area contributed by atoms with E-state index < -0.39 is 0 Å². The number of fused-ring (bicyclic) bond motifs is 1. The number of carbonyl (C=O) groups is 2. The van der Waals surface area contributed by atoms with E-state index in [1.54, 1.807) is 7.11 Å². The number of nitrogens with one attached hydrogen (secondary N) is 2. The molecule has 2 amide bonds. The maximum Gasteiger partial charge on any atom is 0.291 e. The fourth-order valence-corrected chi connectivity index (χ4v) is 3.62. The number of hydrogen-bond acceptors (Lipinski definition) is 4. The van der Waals surface area contributed by atoms with Crippen molar-refractivity contribution in [3.63, 3.8) is 0 Å². The molecular weight excluding hydrogens is 356 g/mol. The summed E-state index contributed by atoms with van der Waals surface area (Å²) in [7, 11) is 1.59. The van der Waals surface area contributed by atoms with Crippen LogP contribution in [0.15, 0.2) is 18.2 Å². The molecule has 150 valence electrons. The highest BCUT2D eigenvalue weighted by Crippen LogP contribution is 2.24. The molecule has 1 aliphatic heterocycles. The van der Waals surface area contributed by atoms with Crippen molar-refractivity contribution in [2.75, 3.05) is 25.6 Å². The van der Waals surface area contributed by atoms with E-state index in [0.29, 0.717) is 31.2 Å². The molecule has 7 heteroatoms. The summed E-state index contributed by atoms with van der Waals surface area (Å²) in [5.74, 6) is -0.230. The van der Waals surface area contributed by atoms with Crippen LogP contribution in [0.3, 0.4) is 0 Å². The van der Waals surface area contributed by atoms with Crippen LogP contribution in [0.2, 0.25) is 0 Å². The molecule has 2 aromatic rings. The fraction of sp³-hybridized carbons (Fsp3) is 0.476. The Balaban J connectivity index is 1.90. The first kappa shape index (κ1) is 20.1. The molecule has 2 N–H and O–H groups in total. The first-order valence-corrected chi connectivity index (χ1v) is 9.83. The minimum Gasteiger partial charge on any atom is -0.383 e. The van der Waals surface area contributed by atoms with Crippen molar-refractivity contribution in [3.05, 3.63) is 46.5 Å². The average Bonchev–Trinajstić information content (AvgIpc) is 3.09. The van der Waals surface area contributed by atoms with Crippen LogP contribution in [0.5, 0.6) is 0 Å². The molecule has 0 bridgehead atoms.